The predicted molar refractivity (Wildman–Crippen MR) is 117 cm³/mol. The number of aryl methyl sites for hydroxylation is 1. The van der Waals surface area contributed by atoms with Crippen LogP contribution in [-0.2, 0) is 4.84 Å². The van der Waals surface area contributed by atoms with Crippen LogP contribution in [0, 0.1) is 12.8 Å². The molecule has 6 heteroatoms. The molecule has 1 aromatic heterocycles. The largest absolute Gasteiger partial charge is 0.494 e. The molecule has 0 unspecified atom stereocenters. The van der Waals surface area contributed by atoms with Gasteiger partial charge < -0.3 is 14.5 Å². The highest BCUT2D eigenvalue weighted by Gasteiger charge is 2.20. The molecular weight excluding hydrogens is 364 g/mol. The van der Waals surface area contributed by atoms with Crippen molar-refractivity contribution in [3.63, 3.8) is 0 Å². The Morgan fingerprint density at radius 3 is 2.83 bits per heavy atom. The van der Waals surface area contributed by atoms with Crippen LogP contribution < -0.4 is 9.64 Å². The fourth-order valence-corrected chi connectivity index (χ4v) is 3.45. The Balaban J connectivity index is 1.34. The van der Waals surface area contributed by atoms with E-state index in [1.54, 1.807) is 12.3 Å². The minimum atomic E-state index is 0.407. The second-order valence-electron chi connectivity index (χ2n) is 7.35. The highest BCUT2D eigenvalue weighted by atomic mass is 16.6. The maximum Gasteiger partial charge on any atom is 0.151 e. The molecule has 154 valence electrons. The number of aromatic nitrogens is 2. The molecule has 1 fully saturated rings. The monoisotopic (exact) mass is 394 g/mol. The highest BCUT2D eigenvalue weighted by molar-refractivity contribution is 5.79. The molecule has 1 aliphatic rings. The van der Waals surface area contributed by atoms with Crippen molar-refractivity contribution < 1.29 is 9.57 Å². The molecule has 6 nitrogen and oxygen atoms in total. The Morgan fingerprint density at radius 1 is 1.21 bits per heavy atom. The first-order chi connectivity index (χ1) is 14.2. The van der Waals surface area contributed by atoms with Crippen molar-refractivity contribution in [3.05, 3.63) is 60.3 Å². The molecule has 1 saturated heterocycles. The second kappa shape index (κ2) is 11.2. The summed E-state index contributed by atoms with van der Waals surface area (Å²) < 4.78 is 5.92. The average molecular weight is 395 g/mol. The number of anilines is 1. The fraction of sp³-hybridized carbons (Fsp3) is 0.435. The standard InChI is InChI=1S/C23H30N4O2/c1-3-15-29-24-18-21-6-4-8-22(17-21)28-16-5-7-20-11-13-27(14-12-20)23-10-9-19(2)25-26-23/h3-4,6,8-10,17-18,20H,1,5,7,11-16H2,2H3/b24-18+. The third kappa shape index (κ3) is 6.89. The topological polar surface area (TPSA) is 59.8 Å². The van der Waals surface area contributed by atoms with Crippen LogP contribution >= 0.6 is 0 Å². The van der Waals surface area contributed by atoms with E-state index < -0.39 is 0 Å². The van der Waals surface area contributed by atoms with Gasteiger partial charge >= 0.3 is 0 Å². The molecule has 0 bridgehead atoms. The van der Waals surface area contributed by atoms with E-state index in [1.807, 2.05) is 37.3 Å². The van der Waals surface area contributed by atoms with Gasteiger partial charge in [-0.25, -0.2) is 0 Å². The lowest BCUT2D eigenvalue weighted by atomic mass is 9.92. The summed E-state index contributed by atoms with van der Waals surface area (Å²) in [6.45, 7) is 8.80. The third-order valence-electron chi connectivity index (χ3n) is 5.07. The van der Waals surface area contributed by atoms with Crippen molar-refractivity contribution in [2.75, 3.05) is 31.2 Å². The molecule has 0 amide bonds. The number of ether oxygens (including phenoxy) is 1. The molecule has 0 saturated carbocycles. The number of rotatable bonds is 10. The zero-order chi connectivity index (χ0) is 20.3. The van der Waals surface area contributed by atoms with E-state index in [2.05, 4.69) is 32.9 Å². The number of oxime groups is 1. The minimum Gasteiger partial charge on any atom is -0.494 e. The molecule has 0 spiro atoms. The van der Waals surface area contributed by atoms with Crippen LogP contribution in [-0.4, -0.2) is 42.7 Å². The van der Waals surface area contributed by atoms with Crippen LogP contribution in [0.25, 0.3) is 0 Å². The van der Waals surface area contributed by atoms with Crippen LogP contribution in [0.1, 0.15) is 36.9 Å². The molecule has 1 aromatic carbocycles. The van der Waals surface area contributed by atoms with E-state index in [0.29, 0.717) is 6.61 Å². The molecule has 0 atom stereocenters. The van der Waals surface area contributed by atoms with Crippen molar-refractivity contribution >= 4 is 12.0 Å². The number of nitrogens with zero attached hydrogens (tertiary/aromatic N) is 4. The molecule has 0 aliphatic carbocycles. The lowest BCUT2D eigenvalue weighted by molar-refractivity contribution is 0.176. The van der Waals surface area contributed by atoms with Gasteiger partial charge in [0.15, 0.2) is 5.82 Å². The number of piperidine rings is 1. The van der Waals surface area contributed by atoms with Crippen LogP contribution in [0.3, 0.4) is 0 Å². The second-order valence-corrected chi connectivity index (χ2v) is 7.35. The first kappa shape index (κ1) is 20.8. The number of hydrogen-bond donors (Lipinski definition) is 0. The third-order valence-corrected chi connectivity index (χ3v) is 5.07. The lowest BCUT2D eigenvalue weighted by Crippen LogP contribution is -2.34. The molecule has 2 heterocycles. The normalized spacial score (nSPS) is 14.9. The van der Waals surface area contributed by atoms with Crippen molar-refractivity contribution in [2.45, 2.75) is 32.6 Å². The van der Waals surface area contributed by atoms with Crippen LogP contribution in [0.2, 0.25) is 0 Å². The summed E-state index contributed by atoms with van der Waals surface area (Å²) in [5.41, 5.74) is 1.92. The predicted octanol–water partition coefficient (Wildman–Crippen LogP) is 4.40. The number of benzene rings is 1. The van der Waals surface area contributed by atoms with Crippen molar-refractivity contribution in [3.8, 4) is 5.75 Å². The highest BCUT2D eigenvalue weighted by Crippen LogP contribution is 2.25. The van der Waals surface area contributed by atoms with Gasteiger partial charge in [0.05, 0.1) is 18.5 Å². The maximum absolute atomic E-state index is 5.92. The van der Waals surface area contributed by atoms with Crippen molar-refractivity contribution in [1.29, 1.82) is 0 Å². The van der Waals surface area contributed by atoms with Gasteiger partial charge in [-0.15, -0.1) is 5.10 Å². The summed E-state index contributed by atoms with van der Waals surface area (Å²) in [7, 11) is 0. The first-order valence-corrected chi connectivity index (χ1v) is 10.3. The Morgan fingerprint density at radius 2 is 2.07 bits per heavy atom. The summed E-state index contributed by atoms with van der Waals surface area (Å²) in [6, 6.07) is 12.0. The van der Waals surface area contributed by atoms with Gasteiger partial charge in [0.2, 0.25) is 0 Å². The zero-order valence-corrected chi connectivity index (χ0v) is 17.2. The molecule has 1 aliphatic heterocycles. The van der Waals surface area contributed by atoms with E-state index in [0.717, 1.165) is 54.9 Å². The van der Waals surface area contributed by atoms with Crippen LogP contribution in [0.5, 0.6) is 5.75 Å². The number of hydrogen-bond acceptors (Lipinski definition) is 6. The van der Waals surface area contributed by atoms with E-state index in [1.165, 1.54) is 19.3 Å². The molecule has 29 heavy (non-hydrogen) atoms. The van der Waals surface area contributed by atoms with Crippen LogP contribution in [0.4, 0.5) is 5.82 Å². The molecular formula is C23H30N4O2. The quantitative estimate of drug-likeness (QED) is 0.259. The van der Waals surface area contributed by atoms with Crippen molar-refractivity contribution in [2.24, 2.45) is 11.1 Å². The minimum absolute atomic E-state index is 0.407. The molecule has 2 aromatic rings. The molecule has 0 radical (unpaired) electrons. The summed E-state index contributed by atoms with van der Waals surface area (Å²) in [6.07, 6.45) is 8.01. The average Bonchev–Trinajstić information content (AvgIpc) is 2.76. The van der Waals surface area contributed by atoms with E-state index >= 15 is 0 Å². The van der Waals surface area contributed by atoms with Gasteiger partial charge in [0.1, 0.15) is 12.4 Å². The summed E-state index contributed by atoms with van der Waals surface area (Å²) in [5, 5.41) is 12.4. The summed E-state index contributed by atoms with van der Waals surface area (Å²) in [4.78, 5) is 7.37. The van der Waals surface area contributed by atoms with Gasteiger partial charge in [0.25, 0.3) is 0 Å². The van der Waals surface area contributed by atoms with E-state index in [9.17, 15) is 0 Å². The summed E-state index contributed by atoms with van der Waals surface area (Å²) >= 11 is 0. The fourth-order valence-electron chi connectivity index (χ4n) is 3.45. The van der Waals surface area contributed by atoms with E-state index in [-0.39, 0.29) is 0 Å². The maximum atomic E-state index is 5.92. The Hall–Kier alpha value is -2.89. The zero-order valence-electron chi connectivity index (χ0n) is 17.2. The van der Waals surface area contributed by atoms with Crippen molar-refractivity contribution in [1.82, 2.24) is 10.2 Å². The first-order valence-electron chi connectivity index (χ1n) is 10.3. The lowest BCUT2D eigenvalue weighted by Gasteiger charge is -2.32. The smallest absolute Gasteiger partial charge is 0.151 e. The SMILES string of the molecule is C=CCO/N=C/c1cccc(OCCCC2CCN(c3ccc(C)nn3)CC2)c1. The van der Waals surface area contributed by atoms with Gasteiger partial charge in [-0.3, -0.25) is 0 Å². The van der Waals surface area contributed by atoms with Gasteiger partial charge in [-0.1, -0.05) is 29.9 Å². The van der Waals surface area contributed by atoms with Gasteiger partial charge in [0, 0.05) is 13.1 Å². The molecule has 0 N–H and O–H groups in total. The Bertz CT molecular complexity index is 784. The summed E-state index contributed by atoms with van der Waals surface area (Å²) in [5.74, 6) is 2.62. The van der Waals surface area contributed by atoms with E-state index in [4.69, 9.17) is 9.57 Å². The van der Waals surface area contributed by atoms with Crippen LogP contribution in [0.15, 0.2) is 54.2 Å². The van der Waals surface area contributed by atoms with Gasteiger partial charge in [-0.2, -0.15) is 5.10 Å². The van der Waals surface area contributed by atoms with Gasteiger partial charge in [-0.05, 0) is 68.4 Å². The Kier molecular flexibility index (Phi) is 8.04. The Labute approximate surface area is 173 Å². The molecule has 3 rings (SSSR count).